The van der Waals surface area contributed by atoms with Crippen molar-refractivity contribution in [2.24, 2.45) is 0 Å². The smallest absolute Gasteiger partial charge is 0.416 e. The normalized spacial score (nSPS) is 13.2. The van der Waals surface area contributed by atoms with Gasteiger partial charge in [0.05, 0.1) is 12.7 Å². The summed E-state index contributed by atoms with van der Waals surface area (Å²) in [7, 11) is 1.23. The SMILES string of the molecule is COC(=O)C(Br)Cc1cc(C(F)(F)F)ccc1C. The summed E-state index contributed by atoms with van der Waals surface area (Å²) < 4.78 is 42.2. The minimum absolute atomic E-state index is 0.155. The van der Waals surface area contributed by atoms with E-state index in [1.54, 1.807) is 6.92 Å². The molecule has 0 saturated heterocycles. The van der Waals surface area contributed by atoms with Crippen molar-refractivity contribution in [1.29, 1.82) is 0 Å². The molecule has 0 heterocycles. The molecule has 0 saturated carbocycles. The molecule has 0 aliphatic heterocycles. The maximum Gasteiger partial charge on any atom is 0.416 e. The van der Waals surface area contributed by atoms with E-state index in [1.165, 1.54) is 13.2 Å². The van der Waals surface area contributed by atoms with Gasteiger partial charge in [-0.3, -0.25) is 4.79 Å². The highest BCUT2D eigenvalue weighted by Gasteiger charge is 2.31. The summed E-state index contributed by atoms with van der Waals surface area (Å²) in [5.74, 6) is -0.508. The second-order valence-corrected chi connectivity index (χ2v) is 4.94. The highest BCUT2D eigenvalue weighted by Crippen LogP contribution is 2.31. The van der Waals surface area contributed by atoms with E-state index in [0.717, 1.165) is 12.1 Å². The number of hydrogen-bond donors (Lipinski definition) is 0. The number of carbonyl (C=O) groups is 1. The minimum Gasteiger partial charge on any atom is -0.468 e. The number of methoxy groups -OCH3 is 1. The van der Waals surface area contributed by atoms with E-state index in [0.29, 0.717) is 11.1 Å². The lowest BCUT2D eigenvalue weighted by molar-refractivity contribution is -0.139. The number of alkyl halides is 4. The van der Waals surface area contributed by atoms with Crippen LogP contribution in [-0.4, -0.2) is 17.9 Å². The van der Waals surface area contributed by atoms with Crippen LogP contribution in [0.1, 0.15) is 16.7 Å². The molecule has 0 radical (unpaired) electrons. The van der Waals surface area contributed by atoms with E-state index in [-0.39, 0.29) is 6.42 Å². The van der Waals surface area contributed by atoms with Gasteiger partial charge in [0.25, 0.3) is 0 Å². The summed E-state index contributed by atoms with van der Waals surface area (Å²) in [6.45, 7) is 1.70. The van der Waals surface area contributed by atoms with Crippen LogP contribution < -0.4 is 0 Å². The third kappa shape index (κ3) is 3.73. The molecule has 6 heteroatoms. The van der Waals surface area contributed by atoms with Gasteiger partial charge in [0.1, 0.15) is 4.83 Å². The van der Waals surface area contributed by atoms with Gasteiger partial charge in [0.15, 0.2) is 0 Å². The molecule has 1 rings (SSSR count). The topological polar surface area (TPSA) is 26.3 Å². The van der Waals surface area contributed by atoms with Crippen LogP contribution in [0.3, 0.4) is 0 Å². The van der Waals surface area contributed by atoms with Gasteiger partial charge < -0.3 is 4.74 Å². The van der Waals surface area contributed by atoms with Crippen molar-refractivity contribution in [1.82, 2.24) is 0 Å². The van der Waals surface area contributed by atoms with Crippen molar-refractivity contribution in [2.75, 3.05) is 7.11 Å². The van der Waals surface area contributed by atoms with Gasteiger partial charge in [-0.05, 0) is 36.6 Å². The Labute approximate surface area is 111 Å². The zero-order valence-electron chi connectivity index (χ0n) is 9.84. The molecule has 0 N–H and O–H groups in total. The number of rotatable bonds is 3. The highest BCUT2D eigenvalue weighted by atomic mass is 79.9. The van der Waals surface area contributed by atoms with Gasteiger partial charge in [0.2, 0.25) is 0 Å². The van der Waals surface area contributed by atoms with Crippen molar-refractivity contribution in [3.8, 4) is 0 Å². The Hall–Kier alpha value is -1.04. The zero-order valence-corrected chi connectivity index (χ0v) is 11.4. The van der Waals surface area contributed by atoms with Crippen LogP contribution in [0.2, 0.25) is 0 Å². The largest absolute Gasteiger partial charge is 0.468 e. The molecule has 18 heavy (non-hydrogen) atoms. The molecule has 1 aromatic rings. The van der Waals surface area contributed by atoms with Crippen molar-refractivity contribution in [3.05, 3.63) is 34.9 Å². The predicted molar refractivity (Wildman–Crippen MR) is 64.6 cm³/mol. The van der Waals surface area contributed by atoms with E-state index in [4.69, 9.17) is 0 Å². The van der Waals surface area contributed by atoms with E-state index in [1.807, 2.05) is 0 Å². The first kappa shape index (κ1) is 15.0. The number of carbonyl (C=O) groups excluding carboxylic acids is 1. The Morgan fingerprint density at radius 2 is 2.06 bits per heavy atom. The van der Waals surface area contributed by atoms with Gasteiger partial charge in [-0.1, -0.05) is 22.0 Å². The fourth-order valence-electron chi connectivity index (χ4n) is 1.47. The first-order chi connectivity index (χ1) is 8.25. The molecule has 0 aromatic heterocycles. The van der Waals surface area contributed by atoms with Crippen LogP contribution in [0.4, 0.5) is 13.2 Å². The number of halogens is 4. The van der Waals surface area contributed by atoms with Crippen LogP contribution in [0.5, 0.6) is 0 Å². The summed E-state index contributed by atoms with van der Waals surface area (Å²) in [6.07, 6.45) is -4.22. The molecule has 1 atom stereocenters. The first-order valence-corrected chi connectivity index (χ1v) is 6.06. The summed E-state index contributed by atoms with van der Waals surface area (Å²) in [5, 5.41) is 0. The van der Waals surface area contributed by atoms with Crippen LogP contribution in [0, 0.1) is 6.92 Å². The lowest BCUT2D eigenvalue weighted by atomic mass is 10.0. The Balaban J connectivity index is 2.98. The molecule has 2 nitrogen and oxygen atoms in total. The number of esters is 1. The van der Waals surface area contributed by atoms with Crippen LogP contribution in [-0.2, 0) is 22.1 Å². The molecule has 0 amide bonds. The average molecular weight is 325 g/mol. The standard InChI is InChI=1S/C12H12BrF3O2/c1-7-3-4-9(12(14,15)16)5-8(7)6-10(13)11(17)18-2/h3-5,10H,6H2,1-2H3. The fraction of sp³-hybridized carbons (Fsp3) is 0.417. The molecule has 0 bridgehead atoms. The van der Waals surface area contributed by atoms with Gasteiger partial charge in [0, 0.05) is 0 Å². The van der Waals surface area contributed by atoms with E-state index in [9.17, 15) is 18.0 Å². The zero-order chi connectivity index (χ0) is 13.9. The fourth-order valence-corrected chi connectivity index (χ4v) is 2.01. The van der Waals surface area contributed by atoms with Crippen LogP contribution >= 0.6 is 15.9 Å². The molecule has 0 spiro atoms. The maximum absolute atomic E-state index is 12.6. The van der Waals surface area contributed by atoms with Crippen LogP contribution in [0.25, 0.3) is 0 Å². The second kappa shape index (κ2) is 5.73. The Morgan fingerprint density at radius 3 is 2.56 bits per heavy atom. The Morgan fingerprint density at radius 1 is 1.44 bits per heavy atom. The molecular formula is C12H12BrF3O2. The lowest BCUT2D eigenvalue weighted by Crippen LogP contribution is -2.19. The third-order valence-corrected chi connectivity index (χ3v) is 3.23. The molecular weight excluding hydrogens is 313 g/mol. The minimum atomic E-state index is -4.38. The molecule has 0 aliphatic carbocycles. The van der Waals surface area contributed by atoms with Crippen molar-refractivity contribution in [3.63, 3.8) is 0 Å². The molecule has 100 valence electrons. The summed E-state index contributed by atoms with van der Waals surface area (Å²) in [4.78, 5) is 10.6. The van der Waals surface area contributed by atoms with E-state index >= 15 is 0 Å². The van der Waals surface area contributed by atoms with Crippen LogP contribution in [0.15, 0.2) is 18.2 Å². The van der Waals surface area contributed by atoms with Gasteiger partial charge in [-0.15, -0.1) is 0 Å². The Kier molecular flexibility index (Phi) is 4.78. The van der Waals surface area contributed by atoms with Crippen molar-refractivity contribution in [2.45, 2.75) is 24.3 Å². The molecule has 1 unspecified atom stereocenters. The number of aryl methyl sites for hydroxylation is 1. The van der Waals surface area contributed by atoms with Crippen molar-refractivity contribution >= 4 is 21.9 Å². The summed E-state index contributed by atoms with van der Waals surface area (Å²) in [6, 6.07) is 3.49. The van der Waals surface area contributed by atoms with E-state index in [2.05, 4.69) is 20.7 Å². The predicted octanol–water partition coefficient (Wildman–Crippen LogP) is 3.49. The van der Waals surface area contributed by atoms with Gasteiger partial charge in [-0.2, -0.15) is 13.2 Å². The third-order valence-electron chi connectivity index (χ3n) is 2.53. The van der Waals surface area contributed by atoms with E-state index < -0.39 is 22.5 Å². The summed E-state index contributed by atoms with van der Waals surface area (Å²) >= 11 is 3.09. The quantitative estimate of drug-likeness (QED) is 0.628. The molecule has 0 aliphatic rings. The van der Waals surface area contributed by atoms with Crippen molar-refractivity contribution < 1.29 is 22.7 Å². The Bertz CT molecular complexity index is 443. The molecule has 0 fully saturated rings. The summed E-state index contributed by atoms with van der Waals surface area (Å²) in [5.41, 5.74) is 0.459. The molecule has 1 aromatic carbocycles. The monoisotopic (exact) mass is 324 g/mol. The number of ether oxygens (including phenoxy) is 1. The number of hydrogen-bond acceptors (Lipinski definition) is 2. The highest BCUT2D eigenvalue weighted by molar-refractivity contribution is 9.10. The van der Waals surface area contributed by atoms with Gasteiger partial charge in [-0.25, -0.2) is 0 Å². The second-order valence-electron chi connectivity index (χ2n) is 3.83. The van der Waals surface area contributed by atoms with Gasteiger partial charge >= 0.3 is 12.1 Å². The lowest BCUT2D eigenvalue weighted by Gasteiger charge is -2.13. The first-order valence-electron chi connectivity index (χ1n) is 5.14. The average Bonchev–Trinajstić information content (AvgIpc) is 2.29. The maximum atomic E-state index is 12.6. The number of benzene rings is 1.